The van der Waals surface area contributed by atoms with E-state index < -0.39 is 0 Å². The van der Waals surface area contributed by atoms with Gasteiger partial charge in [0.1, 0.15) is 11.6 Å². The first-order valence-electron chi connectivity index (χ1n) is 10.5. The quantitative estimate of drug-likeness (QED) is 0.456. The molecule has 0 spiro atoms. The molecule has 1 aromatic heterocycles. The summed E-state index contributed by atoms with van der Waals surface area (Å²) >= 11 is 7.65. The maximum Gasteiger partial charge on any atom is 0.223 e. The Balaban J connectivity index is 1.50. The minimum atomic E-state index is 0.0521. The third-order valence-electron chi connectivity index (χ3n) is 5.72. The van der Waals surface area contributed by atoms with Gasteiger partial charge in [-0.3, -0.25) is 0 Å². The highest BCUT2D eigenvalue weighted by Crippen LogP contribution is 2.35. The van der Waals surface area contributed by atoms with Gasteiger partial charge in [0.15, 0.2) is 0 Å². The summed E-state index contributed by atoms with van der Waals surface area (Å²) in [5.41, 5.74) is 4.20. The van der Waals surface area contributed by atoms with Gasteiger partial charge in [-0.15, -0.1) is 11.6 Å². The molecule has 0 saturated heterocycles. The third kappa shape index (κ3) is 4.91. The highest BCUT2D eigenvalue weighted by molar-refractivity contribution is 8.06. The van der Waals surface area contributed by atoms with Gasteiger partial charge >= 0.3 is 0 Å². The molecule has 30 heavy (non-hydrogen) atoms. The van der Waals surface area contributed by atoms with Crippen LogP contribution in [0.5, 0.6) is 0 Å². The van der Waals surface area contributed by atoms with E-state index >= 15 is 0 Å². The van der Waals surface area contributed by atoms with E-state index in [-0.39, 0.29) is 5.38 Å². The molecule has 1 aromatic rings. The summed E-state index contributed by atoms with van der Waals surface area (Å²) in [6, 6.07) is 2.35. The van der Waals surface area contributed by atoms with E-state index in [1.807, 2.05) is 24.5 Å². The van der Waals surface area contributed by atoms with Crippen molar-refractivity contribution in [2.45, 2.75) is 50.8 Å². The number of rotatable bonds is 5. The number of hydrogen-bond acceptors (Lipinski definition) is 6. The van der Waals surface area contributed by atoms with Crippen LogP contribution in [-0.2, 0) is 0 Å². The summed E-state index contributed by atoms with van der Waals surface area (Å²) in [6.45, 7) is 2.83. The Labute approximate surface area is 187 Å². The SMILES string of the molecule is Cc1cnc(NCC2CCCCC2)nc1/C(C#N)=C1/NC(C2=CCC(Cl)C=C2)=CS1. The Hall–Kier alpha value is -2.23. The number of anilines is 1. The predicted octanol–water partition coefficient (Wildman–Crippen LogP) is 5.64. The monoisotopic (exact) mass is 439 g/mol. The lowest BCUT2D eigenvalue weighted by atomic mass is 9.89. The van der Waals surface area contributed by atoms with Crippen LogP contribution in [0.2, 0.25) is 0 Å². The van der Waals surface area contributed by atoms with Crippen molar-refractivity contribution in [1.82, 2.24) is 15.3 Å². The molecule has 1 atom stereocenters. The second-order valence-electron chi connectivity index (χ2n) is 7.97. The van der Waals surface area contributed by atoms with Gasteiger partial charge < -0.3 is 10.6 Å². The van der Waals surface area contributed by atoms with Crippen molar-refractivity contribution in [3.05, 3.63) is 57.4 Å². The van der Waals surface area contributed by atoms with Crippen LogP contribution in [-0.4, -0.2) is 21.9 Å². The number of aromatic nitrogens is 2. The predicted molar refractivity (Wildman–Crippen MR) is 125 cm³/mol. The molecule has 2 aliphatic carbocycles. The van der Waals surface area contributed by atoms with Crippen LogP contribution in [0.3, 0.4) is 0 Å². The number of alkyl halides is 1. The maximum atomic E-state index is 9.91. The molecular weight excluding hydrogens is 414 g/mol. The highest BCUT2D eigenvalue weighted by atomic mass is 35.5. The minimum Gasteiger partial charge on any atom is -0.354 e. The Bertz CT molecular complexity index is 966. The van der Waals surface area contributed by atoms with Crippen LogP contribution in [0.4, 0.5) is 5.95 Å². The topological polar surface area (TPSA) is 73.6 Å². The summed E-state index contributed by atoms with van der Waals surface area (Å²) in [5.74, 6) is 1.28. The van der Waals surface area contributed by atoms with Gasteiger partial charge in [0.05, 0.1) is 21.8 Å². The first-order valence-corrected chi connectivity index (χ1v) is 11.8. The summed E-state index contributed by atoms with van der Waals surface area (Å²) < 4.78 is 0. The fourth-order valence-electron chi connectivity index (χ4n) is 3.97. The van der Waals surface area contributed by atoms with Crippen molar-refractivity contribution in [2.24, 2.45) is 5.92 Å². The van der Waals surface area contributed by atoms with E-state index in [0.717, 1.165) is 34.8 Å². The van der Waals surface area contributed by atoms with Crippen molar-refractivity contribution >= 4 is 34.9 Å². The molecule has 4 rings (SSSR count). The van der Waals surface area contributed by atoms with Crippen LogP contribution < -0.4 is 10.6 Å². The van der Waals surface area contributed by atoms with E-state index in [0.29, 0.717) is 23.1 Å². The smallest absolute Gasteiger partial charge is 0.223 e. The summed E-state index contributed by atoms with van der Waals surface area (Å²) in [6.07, 6.45) is 15.3. The molecular formula is C23H26ClN5S. The number of thioether (sulfide) groups is 1. The van der Waals surface area contributed by atoms with Crippen molar-refractivity contribution in [1.29, 1.82) is 5.26 Å². The molecule has 1 aliphatic heterocycles. The molecule has 0 aromatic carbocycles. The maximum absolute atomic E-state index is 9.91. The second-order valence-corrected chi connectivity index (χ2v) is 9.41. The molecule has 0 radical (unpaired) electrons. The van der Waals surface area contributed by atoms with Crippen LogP contribution in [0, 0.1) is 24.2 Å². The summed E-state index contributed by atoms with van der Waals surface area (Å²) in [4.78, 5) is 9.13. The van der Waals surface area contributed by atoms with Gasteiger partial charge in [-0.2, -0.15) is 5.26 Å². The number of nitrogens with zero attached hydrogens (tertiary/aromatic N) is 3. The fraction of sp³-hybridized carbons (Fsp3) is 0.435. The van der Waals surface area contributed by atoms with Crippen molar-refractivity contribution in [2.75, 3.05) is 11.9 Å². The number of halogens is 1. The van der Waals surface area contributed by atoms with Gasteiger partial charge in [0.25, 0.3) is 0 Å². The van der Waals surface area contributed by atoms with Gasteiger partial charge in [-0.05, 0) is 43.2 Å². The molecule has 1 saturated carbocycles. The summed E-state index contributed by atoms with van der Waals surface area (Å²) in [7, 11) is 0. The third-order valence-corrected chi connectivity index (χ3v) is 6.94. The highest BCUT2D eigenvalue weighted by Gasteiger charge is 2.22. The van der Waals surface area contributed by atoms with Crippen LogP contribution >= 0.6 is 23.4 Å². The lowest BCUT2D eigenvalue weighted by Gasteiger charge is -2.21. The van der Waals surface area contributed by atoms with Crippen molar-refractivity contribution < 1.29 is 0 Å². The largest absolute Gasteiger partial charge is 0.354 e. The zero-order valence-corrected chi connectivity index (χ0v) is 18.7. The Morgan fingerprint density at radius 1 is 1.37 bits per heavy atom. The van der Waals surface area contributed by atoms with E-state index in [9.17, 15) is 5.26 Å². The number of nitrogens with one attached hydrogen (secondary N) is 2. The normalized spacial score (nSPS) is 23.3. The molecule has 5 nitrogen and oxygen atoms in total. The first-order chi connectivity index (χ1) is 14.6. The van der Waals surface area contributed by atoms with Gasteiger partial charge in [-0.1, -0.05) is 49.3 Å². The van der Waals surface area contributed by atoms with Crippen LogP contribution in [0.1, 0.15) is 49.8 Å². The van der Waals surface area contributed by atoms with Gasteiger partial charge in [0.2, 0.25) is 5.95 Å². The number of allylic oxidation sites excluding steroid dienone is 4. The van der Waals surface area contributed by atoms with Crippen molar-refractivity contribution in [3.8, 4) is 6.07 Å². The van der Waals surface area contributed by atoms with Gasteiger partial charge in [0, 0.05) is 18.1 Å². The summed E-state index contributed by atoms with van der Waals surface area (Å²) in [5, 5.41) is 19.6. The molecule has 1 fully saturated rings. The Morgan fingerprint density at radius 3 is 2.93 bits per heavy atom. The molecule has 1 unspecified atom stereocenters. The average molecular weight is 440 g/mol. The zero-order chi connectivity index (χ0) is 20.9. The first kappa shape index (κ1) is 21.0. The van der Waals surface area contributed by atoms with E-state index in [1.165, 1.54) is 43.9 Å². The van der Waals surface area contributed by atoms with Crippen LogP contribution in [0.25, 0.3) is 5.57 Å². The average Bonchev–Trinajstić information content (AvgIpc) is 3.25. The van der Waals surface area contributed by atoms with Crippen LogP contribution in [0.15, 0.2) is 46.1 Å². The second kappa shape index (κ2) is 9.72. The molecule has 2 heterocycles. The number of aryl methyl sites for hydroxylation is 1. The van der Waals surface area contributed by atoms with Crippen molar-refractivity contribution in [3.63, 3.8) is 0 Å². The molecule has 7 heteroatoms. The Kier molecular flexibility index (Phi) is 6.81. The molecule has 0 amide bonds. The molecule has 2 N–H and O–H groups in total. The lowest BCUT2D eigenvalue weighted by molar-refractivity contribution is 0.373. The molecule has 156 valence electrons. The fourth-order valence-corrected chi connectivity index (χ4v) is 4.99. The minimum absolute atomic E-state index is 0.0521. The zero-order valence-electron chi connectivity index (χ0n) is 17.1. The van der Waals surface area contributed by atoms with Gasteiger partial charge in [-0.25, -0.2) is 9.97 Å². The molecule has 0 bridgehead atoms. The Morgan fingerprint density at radius 2 is 2.20 bits per heavy atom. The van der Waals surface area contributed by atoms with E-state index in [1.54, 1.807) is 6.20 Å². The number of nitriles is 1. The standard InChI is InChI=1S/C23H26ClN5S/c1-15-12-26-23(27-13-16-5-3-2-4-6-16)29-21(15)19(11-25)22-28-20(14-30-22)17-7-9-18(24)10-8-17/h7-9,12,14,16,18,28H,2-6,10,13H2,1H3,(H,26,27,29)/b22-19-. The van der Waals surface area contributed by atoms with E-state index in [4.69, 9.17) is 16.6 Å². The van der Waals surface area contributed by atoms with E-state index in [2.05, 4.69) is 27.8 Å². The number of hydrogen-bond donors (Lipinski definition) is 2. The molecule has 3 aliphatic rings. The lowest BCUT2D eigenvalue weighted by Crippen LogP contribution is -2.18.